The smallest absolute Gasteiger partial charge is 0.333 e. The van der Waals surface area contributed by atoms with E-state index in [1.807, 2.05) is 0 Å². The fourth-order valence-corrected chi connectivity index (χ4v) is 1.35. The molecule has 0 aromatic carbocycles. The molecule has 0 amide bonds. The molecule has 64 valence electrons. The van der Waals surface area contributed by atoms with Crippen molar-refractivity contribution in [2.24, 2.45) is 0 Å². The zero-order valence-corrected chi connectivity index (χ0v) is 6.57. The maximum Gasteiger partial charge on any atom is 0.333 e. The first kappa shape index (κ1) is 7.49. The van der Waals surface area contributed by atoms with Crippen LogP contribution in [0, 0.1) is 0 Å². The van der Waals surface area contributed by atoms with Crippen molar-refractivity contribution in [2.75, 3.05) is 7.11 Å². The first-order valence-electron chi connectivity index (χ1n) is 3.70. The number of ether oxygens (including phenoxy) is 2. The average molecular weight is 168 g/mol. The monoisotopic (exact) mass is 168 g/mol. The second-order valence-corrected chi connectivity index (χ2v) is 2.86. The van der Waals surface area contributed by atoms with E-state index in [2.05, 4.69) is 4.74 Å². The molecule has 1 fully saturated rings. The highest BCUT2D eigenvalue weighted by Crippen LogP contribution is 2.34. The summed E-state index contributed by atoms with van der Waals surface area (Å²) in [6.07, 6.45) is 1.47. The lowest BCUT2D eigenvalue weighted by molar-refractivity contribution is -0.136. The minimum atomic E-state index is -0.433. The van der Waals surface area contributed by atoms with Crippen molar-refractivity contribution in [2.45, 2.75) is 18.6 Å². The van der Waals surface area contributed by atoms with Gasteiger partial charge in [0.05, 0.1) is 13.2 Å². The molecule has 0 aromatic rings. The molecule has 0 saturated carbocycles. The van der Waals surface area contributed by atoms with E-state index in [0.717, 1.165) is 0 Å². The molecule has 2 aliphatic rings. The van der Waals surface area contributed by atoms with Crippen LogP contribution in [0.3, 0.4) is 0 Å². The Kier molecular flexibility index (Phi) is 1.51. The molecular formula is C8H8O4. The van der Waals surface area contributed by atoms with Gasteiger partial charge in [-0.15, -0.1) is 0 Å². The van der Waals surface area contributed by atoms with E-state index in [0.29, 0.717) is 12.0 Å². The zero-order valence-electron chi connectivity index (χ0n) is 6.57. The van der Waals surface area contributed by atoms with E-state index in [9.17, 15) is 9.59 Å². The first-order chi connectivity index (χ1) is 5.72. The number of hydrogen-bond donors (Lipinski definition) is 0. The van der Waals surface area contributed by atoms with Crippen molar-refractivity contribution >= 4 is 11.8 Å². The fourth-order valence-electron chi connectivity index (χ4n) is 1.35. The van der Waals surface area contributed by atoms with E-state index in [-0.39, 0.29) is 18.0 Å². The molecule has 12 heavy (non-hydrogen) atoms. The summed E-state index contributed by atoms with van der Waals surface area (Å²) in [6.45, 7) is 0. The molecule has 1 saturated heterocycles. The van der Waals surface area contributed by atoms with Crippen LogP contribution in [0.4, 0.5) is 0 Å². The lowest BCUT2D eigenvalue weighted by Crippen LogP contribution is -2.18. The Morgan fingerprint density at radius 3 is 3.08 bits per heavy atom. The molecule has 1 aliphatic carbocycles. The predicted molar refractivity (Wildman–Crippen MR) is 38.4 cm³/mol. The number of carbonyl (C=O) groups is 2. The quantitative estimate of drug-likeness (QED) is 0.403. The molecule has 2 rings (SSSR count). The molecule has 1 heterocycles. The Balaban J connectivity index is 2.16. The molecule has 0 radical (unpaired) electrons. The number of ketones is 1. The summed E-state index contributed by atoms with van der Waals surface area (Å²) in [5, 5.41) is 0. The minimum Gasteiger partial charge on any atom is -0.466 e. The van der Waals surface area contributed by atoms with Crippen LogP contribution in [0.25, 0.3) is 0 Å². The highest BCUT2D eigenvalue weighted by molar-refractivity contribution is 6.04. The summed E-state index contributed by atoms with van der Waals surface area (Å²) >= 11 is 0. The maximum absolute atomic E-state index is 11.1. The Labute approximate surface area is 69.1 Å². The van der Waals surface area contributed by atoms with E-state index < -0.39 is 5.97 Å². The molecule has 0 spiro atoms. The highest BCUT2D eigenvalue weighted by atomic mass is 16.6. The third-order valence-electron chi connectivity index (χ3n) is 2.05. The number of methoxy groups -OCH3 is 1. The van der Waals surface area contributed by atoms with Crippen molar-refractivity contribution in [3.8, 4) is 0 Å². The molecule has 0 bridgehead atoms. The fraction of sp³-hybridized carbons (Fsp3) is 0.500. The van der Waals surface area contributed by atoms with Gasteiger partial charge in [0.25, 0.3) is 0 Å². The molecular weight excluding hydrogens is 160 g/mol. The van der Waals surface area contributed by atoms with Gasteiger partial charge in [-0.3, -0.25) is 4.79 Å². The van der Waals surface area contributed by atoms with Gasteiger partial charge in [-0.05, 0) is 6.08 Å². The van der Waals surface area contributed by atoms with E-state index in [1.165, 1.54) is 13.2 Å². The van der Waals surface area contributed by atoms with Gasteiger partial charge in [0.1, 0.15) is 6.10 Å². The minimum absolute atomic E-state index is 0.0726. The Morgan fingerprint density at radius 1 is 1.75 bits per heavy atom. The molecule has 2 atom stereocenters. The lowest BCUT2D eigenvalue weighted by Gasteiger charge is -2.05. The number of esters is 1. The summed E-state index contributed by atoms with van der Waals surface area (Å²) in [7, 11) is 1.30. The van der Waals surface area contributed by atoms with Crippen LogP contribution in [0.1, 0.15) is 6.42 Å². The molecule has 0 aromatic heterocycles. The van der Waals surface area contributed by atoms with Crippen molar-refractivity contribution < 1.29 is 19.1 Å². The van der Waals surface area contributed by atoms with Gasteiger partial charge in [0.2, 0.25) is 0 Å². The SMILES string of the molecule is COC(=O)C1=CC(=O)[C@H]2O[C@H]2C1. The molecule has 4 heteroatoms. The molecule has 1 aliphatic heterocycles. The lowest BCUT2D eigenvalue weighted by atomic mass is 9.99. The van der Waals surface area contributed by atoms with Gasteiger partial charge < -0.3 is 9.47 Å². The van der Waals surface area contributed by atoms with Gasteiger partial charge in [-0.2, -0.15) is 0 Å². The third-order valence-corrected chi connectivity index (χ3v) is 2.05. The van der Waals surface area contributed by atoms with Crippen LogP contribution in [0.2, 0.25) is 0 Å². The number of rotatable bonds is 1. The second kappa shape index (κ2) is 2.42. The van der Waals surface area contributed by atoms with Crippen molar-refractivity contribution in [3.05, 3.63) is 11.6 Å². The molecule has 4 nitrogen and oxygen atoms in total. The number of carbonyl (C=O) groups excluding carboxylic acids is 2. The van der Waals surface area contributed by atoms with Gasteiger partial charge in [0, 0.05) is 12.0 Å². The summed E-state index contributed by atoms with van der Waals surface area (Å²) in [5.41, 5.74) is 0.418. The largest absolute Gasteiger partial charge is 0.466 e. The standard InChI is InChI=1S/C8H8O4/c1-11-8(10)4-2-5(9)7-6(3-4)12-7/h2,6-7H,3H2,1H3/t6-,7+/m0/s1. The summed E-state index contributed by atoms with van der Waals surface area (Å²) < 4.78 is 9.50. The third kappa shape index (κ3) is 1.04. The number of fused-ring (bicyclic) bond motifs is 1. The number of hydrogen-bond acceptors (Lipinski definition) is 4. The topological polar surface area (TPSA) is 55.9 Å². The Bertz CT molecular complexity index is 279. The summed E-state index contributed by atoms with van der Waals surface area (Å²) in [4.78, 5) is 22.0. The molecule has 0 N–H and O–H groups in total. The van der Waals surface area contributed by atoms with Crippen LogP contribution >= 0.6 is 0 Å². The normalized spacial score (nSPS) is 32.1. The predicted octanol–water partition coefficient (Wildman–Crippen LogP) is -0.174. The highest BCUT2D eigenvalue weighted by Gasteiger charge is 2.48. The second-order valence-electron chi connectivity index (χ2n) is 2.86. The first-order valence-corrected chi connectivity index (χ1v) is 3.70. The number of epoxide rings is 1. The summed E-state index contributed by atoms with van der Waals surface area (Å²) in [5.74, 6) is -0.552. The van der Waals surface area contributed by atoms with Gasteiger partial charge in [0.15, 0.2) is 5.78 Å². The zero-order chi connectivity index (χ0) is 8.72. The van der Waals surface area contributed by atoms with Crippen LogP contribution in [0.15, 0.2) is 11.6 Å². The van der Waals surface area contributed by atoms with E-state index in [1.54, 1.807) is 0 Å². The van der Waals surface area contributed by atoms with Crippen LogP contribution in [0.5, 0.6) is 0 Å². The average Bonchev–Trinajstić information content (AvgIpc) is 2.82. The molecule has 0 unspecified atom stereocenters. The van der Waals surface area contributed by atoms with E-state index in [4.69, 9.17) is 4.74 Å². The van der Waals surface area contributed by atoms with Crippen LogP contribution < -0.4 is 0 Å². The van der Waals surface area contributed by atoms with Crippen molar-refractivity contribution in [1.29, 1.82) is 0 Å². The van der Waals surface area contributed by atoms with Crippen LogP contribution in [-0.4, -0.2) is 31.1 Å². The van der Waals surface area contributed by atoms with E-state index >= 15 is 0 Å². The van der Waals surface area contributed by atoms with Crippen LogP contribution in [-0.2, 0) is 19.1 Å². The van der Waals surface area contributed by atoms with Crippen molar-refractivity contribution in [1.82, 2.24) is 0 Å². The van der Waals surface area contributed by atoms with Gasteiger partial charge in [-0.25, -0.2) is 4.79 Å². The Morgan fingerprint density at radius 2 is 2.50 bits per heavy atom. The van der Waals surface area contributed by atoms with Crippen molar-refractivity contribution in [3.63, 3.8) is 0 Å². The Hall–Kier alpha value is -1.16. The summed E-state index contributed by atoms with van der Waals surface area (Å²) in [6, 6.07) is 0. The maximum atomic E-state index is 11.1. The van der Waals surface area contributed by atoms with Gasteiger partial charge >= 0.3 is 5.97 Å². The van der Waals surface area contributed by atoms with Gasteiger partial charge in [-0.1, -0.05) is 0 Å².